The second-order valence-corrected chi connectivity index (χ2v) is 5.57. The minimum atomic E-state index is -1.36. The van der Waals surface area contributed by atoms with Crippen LogP contribution in [0.2, 0.25) is 5.02 Å². The van der Waals surface area contributed by atoms with Gasteiger partial charge in [-0.15, -0.1) is 0 Å². The lowest BCUT2D eigenvalue weighted by Gasteiger charge is -2.12. The van der Waals surface area contributed by atoms with Crippen molar-refractivity contribution in [2.24, 2.45) is 0 Å². The standard InChI is InChI=1S/C13H9ClFIN2O2/c14-6-1-2-11(9(16)3-6)18-12-5-8(15)7(13(19)20)4-10(12)17/h1-5,18H,17H2,(H,19,20). The summed E-state index contributed by atoms with van der Waals surface area (Å²) < 4.78 is 14.5. The smallest absolute Gasteiger partial charge is 0.338 e. The summed E-state index contributed by atoms with van der Waals surface area (Å²) in [6.07, 6.45) is 0. The van der Waals surface area contributed by atoms with Gasteiger partial charge in [-0.2, -0.15) is 0 Å². The van der Waals surface area contributed by atoms with Gasteiger partial charge in [0.1, 0.15) is 5.82 Å². The molecule has 0 spiro atoms. The first-order valence-corrected chi connectivity index (χ1v) is 6.88. The number of benzene rings is 2. The number of nitrogens with two attached hydrogens (primary N) is 1. The molecule has 0 saturated heterocycles. The number of halogens is 3. The fraction of sp³-hybridized carbons (Fsp3) is 0. The van der Waals surface area contributed by atoms with Crippen LogP contribution in [0.5, 0.6) is 0 Å². The number of carboxylic acid groups (broad SMARTS) is 1. The van der Waals surface area contributed by atoms with Gasteiger partial charge in [-0.1, -0.05) is 11.6 Å². The van der Waals surface area contributed by atoms with E-state index in [0.29, 0.717) is 16.4 Å². The third-order valence-electron chi connectivity index (χ3n) is 2.57. The second-order valence-electron chi connectivity index (χ2n) is 3.97. The highest BCUT2D eigenvalue weighted by Gasteiger charge is 2.14. The molecule has 0 atom stereocenters. The van der Waals surface area contributed by atoms with Gasteiger partial charge in [-0.05, 0) is 46.9 Å². The molecular weight excluding hydrogens is 398 g/mol. The van der Waals surface area contributed by atoms with Crippen molar-refractivity contribution in [1.82, 2.24) is 0 Å². The molecule has 0 unspecified atom stereocenters. The van der Waals surface area contributed by atoms with Gasteiger partial charge in [-0.25, -0.2) is 9.18 Å². The summed E-state index contributed by atoms with van der Waals surface area (Å²) in [4.78, 5) is 10.8. The van der Waals surface area contributed by atoms with E-state index in [2.05, 4.69) is 27.9 Å². The van der Waals surface area contributed by atoms with Gasteiger partial charge in [0, 0.05) is 14.7 Å². The molecule has 0 aliphatic heterocycles. The van der Waals surface area contributed by atoms with Crippen LogP contribution in [0.15, 0.2) is 30.3 Å². The first-order valence-electron chi connectivity index (χ1n) is 5.43. The molecule has 0 aliphatic rings. The third kappa shape index (κ3) is 3.13. The topological polar surface area (TPSA) is 75.4 Å². The monoisotopic (exact) mass is 406 g/mol. The molecule has 7 heteroatoms. The number of hydrogen-bond donors (Lipinski definition) is 3. The number of hydrogen-bond acceptors (Lipinski definition) is 3. The maximum absolute atomic E-state index is 13.6. The van der Waals surface area contributed by atoms with Gasteiger partial charge in [0.15, 0.2) is 0 Å². The Morgan fingerprint density at radius 3 is 2.60 bits per heavy atom. The van der Waals surface area contributed by atoms with Crippen LogP contribution in [0.4, 0.5) is 21.5 Å². The van der Waals surface area contributed by atoms with Crippen molar-refractivity contribution in [1.29, 1.82) is 0 Å². The molecule has 2 aromatic rings. The van der Waals surface area contributed by atoms with Crippen LogP contribution in [-0.2, 0) is 0 Å². The quantitative estimate of drug-likeness (QED) is 0.530. The summed E-state index contributed by atoms with van der Waals surface area (Å²) >= 11 is 7.92. The lowest BCUT2D eigenvalue weighted by molar-refractivity contribution is 0.0692. The molecule has 4 N–H and O–H groups in total. The molecule has 2 rings (SSSR count). The van der Waals surface area contributed by atoms with Crippen LogP contribution >= 0.6 is 34.2 Å². The minimum Gasteiger partial charge on any atom is -0.478 e. The number of carboxylic acids is 1. The van der Waals surface area contributed by atoms with E-state index in [-0.39, 0.29) is 5.69 Å². The van der Waals surface area contributed by atoms with Gasteiger partial charge < -0.3 is 16.2 Å². The largest absolute Gasteiger partial charge is 0.478 e. The van der Waals surface area contributed by atoms with Gasteiger partial charge in [-0.3, -0.25) is 0 Å². The maximum Gasteiger partial charge on any atom is 0.338 e. The van der Waals surface area contributed by atoms with Crippen molar-refractivity contribution in [3.8, 4) is 0 Å². The molecule has 4 nitrogen and oxygen atoms in total. The normalized spacial score (nSPS) is 10.3. The fourth-order valence-corrected chi connectivity index (χ4v) is 2.60. The van der Waals surface area contributed by atoms with Gasteiger partial charge in [0.05, 0.1) is 22.6 Å². The van der Waals surface area contributed by atoms with E-state index in [1.165, 1.54) is 0 Å². The Balaban J connectivity index is 2.39. The summed E-state index contributed by atoms with van der Waals surface area (Å²) in [7, 11) is 0. The van der Waals surface area contributed by atoms with Gasteiger partial charge in [0.25, 0.3) is 0 Å². The zero-order valence-electron chi connectivity index (χ0n) is 9.95. The number of anilines is 3. The van der Waals surface area contributed by atoms with E-state index in [4.69, 9.17) is 22.4 Å². The molecule has 104 valence electrons. The molecular formula is C13H9ClFIN2O2. The number of nitrogens with one attached hydrogen (secondary N) is 1. The average Bonchev–Trinajstić information content (AvgIpc) is 2.36. The molecule has 20 heavy (non-hydrogen) atoms. The molecule has 0 saturated carbocycles. The Hall–Kier alpha value is -1.54. The van der Waals surface area contributed by atoms with E-state index in [1.807, 2.05) is 0 Å². The Morgan fingerprint density at radius 2 is 2.00 bits per heavy atom. The number of nitrogen functional groups attached to an aromatic ring is 1. The van der Waals surface area contributed by atoms with E-state index in [9.17, 15) is 9.18 Å². The number of rotatable bonds is 3. The highest BCUT2D eigenvalue weighted by Crippen LogP contribution is 2.30. The average molecular weight is 407 g/mol. The predicted octanol–water partition coefficient (Wildman–Crippen LogP) is 4.11. The Morgan fingerprint density at radius 1 is 1.30 bits per heavy atom. The summed E-state index contributed by atoms with van der Waals surface area (Å²) in [5.41, 5.74) is 6.42. The van der Waals surface area contributed by atoms with Crippen LogP contribution < -0.4 is 11.1 Å². The number of aromatic carboxylic acids is 1. The van der Waals surface area contributed by atoms with Crippen molar-refractivity contribution in [2.45, 2.75) is 0 Å². The van der Waals surface area contributed by atoms with Crippen molar-refractivity contribution in [2.75, 3.05) is 11.1 Å². The summed E-state index contributed by atoms with van der Waals surface area (Å²) in [5, 5.41) is 12.3. The van der Waals surface area contributed by atoms with Gasteiger partial charge >= 0.3 is 5.97 Å². The molecule has 0 radical (unpaired) electrons. The van der Waals surface area contributed by atoms with Crippen molar-refractivity contribution < 1.29 is 14.3 Å². The predicted molar refractivity (Wildman–Crippen MR) is 85.2 cm³/mol. The van der Waals surface area contributed by atoms with Crippen molar-refractivity contribution in [3.63, 3.8) is 0 Å². The SMILES string of the molecule is Nc1cc(C(=O)O)c(F)cc1Nc1ccc(Cl)cc1I. The lowest BCUT2D eigenvalue weighted by Crippen LogP contribution is -2.05. The molecule has 0 bridgehead atoms. The van der Waals surface area contributed by atoms with Crippen LogP contribution in [0.3, 0.4) is 0 Å². The van der Waals surface area contributed by atoms with E-state index >= 15 is 0 Å². The third-order valence-corrected chi connectivity index (χ3v) is 3.70. The van der Waals surface area contributed by atoms with Crippen LogP contribution in [0.25, 0.3) is 0 Å². The lowest BCUT2D eigenvalue weighted by atomic mass is 10.1. The van der Waals surface area contributed by atoms with Crippen LogP contribution in [0, 0.1) is 9.39 Å². The van der Waals surface area contributed by atoms with E-state index in [1.54, 1.807) is 18.2 Å². The van der Waals surface area contributed by atoms with Crippen LogP contribution in [0.1, 0.15) is 10.4 Å². The first-order chi connectivity index (χ1) is 9.38. The highest BCUT2D eigenvalue weighted by molar-refractivity contribution is 14.1. The van der Waals surface area contributed by atoms with Crippen molar-refractivity contribution >= 4 is 57.2 Å². The Kier molecular flexibility index (Phi) is 4.34. The zero-order chi connectivity index (χ0) is 14.9. The minimum absolute atomic E-state index is 0.148. The molecule has 0 aliphatic carbocycles. The Bertz CT molecular complexity index is 694. The molecule has 0 heterocycles. The fourth-order valence-electron chi connectivity index (χ4n) is 1.60. The molecule has 0 aromatic heterocycles. The highest BCUT2D eigenvalue weighted by atomic mass is 127. The van der Waals surface area contributed by atoms with Gasteiger partial charge in [0.2, 0.25) is 0 Å². The summed E-state index contributed by atoms with van der Waals surface area (Å²) in [6.45, 7) is 0. The van der Waals surface area contributed by atoms with Crippen molar-refractivity contribution in [3.05, 3.63) is 50.3 Å². The molecule has 0 amide bonds. The van der Waals surface area contributed by atoms with E-state index < -0.39 is 17.3 Å². The van der Waals surface area contributed by atoms with E-state index in [0.717, 1.165) is 15.7 Å². The molecule has 2 aromatic carbocycles. The summed E-state index contributed by atoms with van der Waals surface area (Å²) in [5.74, 6) is -2.21. The number of carbonyl (C=O) groups is 1. The Labute approximate surface area is 132 Å². The summed E-state index contributed by atoms with van der Waals surface area (Å²) in [6, 6.07) is 7.30. The maximum atomic E-state index is 13.6. The first kappa shape index (κ1) is 14.9. The van der Waals surface area contributed by atoms with Crippen LogP contribution in [-0.4, -0.2) is 11.1 Å². The zero-order valence-corrected chi connectivity index (χ0v) is 12.9. The molecule has 0 fully saturated rings. The second kappa shape index (κ2) is 5.84.